The van der Waals surface area contributed by atoms with Gasteiger partial charge in [-0.05, 0) is 45.0 Å². The Morgan fingerprint density at radius 2 is 1.57 bits per heavy atom. The van der Waals surface area contributed by atoms with Gasteiger partial charge in [-0.2, -0.15) is 0 Å². The molecule has 0 aromatic heterocycles. The number of nitrogens with one attached hydrogen (secondary N) is 3. The van der Waals surface area contributed by atoms with Gasteiger partial charge in [0.25, 0.3) is 0 Å². The third kappa shape index (κ3) is 8.04. The number of nitrogens with zero attached hydrogens (tertiary/aromatic N) is 1. The first-order chi connectivity index (χ1) is 14.1. The fourth-order valence-electron chi connectivity index (χ4n) is 2.71. The lowest BCUT2D eigenvalue weighted by molar-refractivity contribution is 0.129. The molecule has 0 fully saturated rings. The molecule has 0 atom stereocenters. The third-order valence-electron chi connectivity index (χ3n) is 4.21. The van der Waals surface area contributed by atoms with Crippen molar-refractivity contribution in [3.05, 3.63) is 65.2 Å². The number of guanidine groups is 1. The summed E-state index contributed by atoms with van der Waals surface area (Å²) < 4.78 is 31.6. The fraction of sp³-hybridized carbons (Fsp3) is 0.409. The molecule has 7 nitrogen and oxygen atoms in total. The summed E-state index contributed by atoms with van der Waals surface area (Å²) in [6, 6.07) is 15.4. The zero-order chi connectivity index (χ0) is 22.2. The Hall–Kier alpha value is -2.58. The third-order valence-corrected chi connectivity index (χ3v) is 5.54. The maximum absolute atomic E-state index is 11.6. The van der Waals surface area contributed by atoms with E-state index in [-0.39, 0.29) is 11.4 Å². The molecule has 0 amide bonds. The van der Waals surface area contributed by atoms with E-state index in [1.165, 1.54) is 7.05 Å². The van der Waals surface area contributed by atoms with Gasteiger partial charge in [0.05, 0.1) is 5.75 Å². The number of benzene rings is 2. The summed E-state index contributed by atoms with van der Waals surface area (Å²) in [6.45, 7) is 7.22. The van der Waals surface area contributed by atoms with E-state index in [2.05, 4.69) is 20.3 Å². The average molecular weight is 433 g/mol. The van der Waals surface area contributed by atoms with Crippen molar-refractivity contribution < 1.29 is 13.2 Å². The topological polar surface area (TPSA) is 91.8 Å². The summed E-state index contributed by atoms with van der Waals surface area (Å²) in [5.41, 5.74) is 2.55. The molecule has 0 saturated heterocycles. The maximum atomic E-state index is 11.6. The second-order valence-corrected chi connectivity index (χ2v) is 9.81. The van der Waals surface area contributed by atoms with Crippen LogP contribution >= 0.6 is 0 Å². The Kier molecular flexibility index (Phi) is 8.25. The van der Waals surface area contributed by atoms with Gasteiger partial charge in [0.15, 0.2) is 5.96 Å². The number of sulfonamides is 1. The van der Waals surface area contributed by atoms with Gasteiger partial charge in [-0.25, -0.2) is 13.1 Å². The SMILES string of the molecule is CN=C(NCc1ccc(CS(=O)(=O)NC)cc1)NCc1ccccc1OC(C)(C)C. The standard InChI is InChI=1S/C22H32N4O3S/c1-22(2,3)29-20-9-7-6-8-19(20)15-26-21(23-4)25-14-17-10-12-18(13-11-17)16-30(27,28)24-5/h6-13,24H,14-16H2,1-5H3,(H2,23,25,26). The molecular weight excluding hydrogens is 400 g/mol. The second-order valence-electron chi connectivity index (χ2n) is 7.88. The number of hydrogen-bond donors (Lipinski definition) is 3. The molecule has 0 aliphatic rings. The molecule has 0 aliphatic carbocycles. The number of para-hydroxylation sites is 1. The van der Waals surface area contributed by atoms with Gasteiger partial charge >= 0.3 is 0 Å². The highest BCUT2D eigenvalue weighted by molar-refractivity contribution is 7.88. The van der Waals surface area contributed by atoms with Crippen LogP contribution in [0.3, 0.4) is 0 Å². The van der Waals surface area contributed by atoms with Crippen LogP contribution in [0.5, 0.6) is 5.75 Å². The molecule has 30 heavy (non-hydrogen) atoms. The van der Waals surface area contributed by atoms with E-state index in [0.717, 1.165) is 22.4 Å². The van der Waals surface area contributed by atoms with Crippen molar-refractivity contribution in [1.82, 2.24) is 15.4 Å². The Balaban J connectivity index is 1.92. The minimum Gasteiger partial charge on any atom is -0.488 e. The summed E-state index contributed by atoms with van der Waals surface area (Å²) in [7, 11) is -0.132. The summed E-state index contributed by atoms with van der Waals surface area (Å²) >= 11 is 0. The van der Waals surface area contributed by atoms with E-state index >= 15 is 0 Å². The van der Waals surface area contributed by atoms with Gasteiger partial charge < -0.3 is 15.4 Å². The monoisotopic (exact) mass is 432 g/mol. The van der Waals surface area contributed by atoms with Crippen molar-refractivity contribution in [2.24, 2.45) is 4.99 Å². The largest absolute Gasteiger partial charge is 0.488 e. The van der Waals surface area contributed by atoms with Crippen LogP contribution in [0, 0.1) is 0 Å². The van der Waals surface area contributed by atoms with E-state index in [0.29, 0.717) is 19.0 Å². The van der Waals surface area contributed by atoms with Crippen LogP contribution in [0.15, 0.2) is 53.5 Å². The van der Waals surface area contributed by atoms with Gasteiger partial charge in [-0.15, -0.1) is 0 Å². The normalized spacial score (nSPS) is 12.5. The molecule has 0 spiro atoms. The zero-order valence-corrected chi connectivity index (χ0v) is 19.1. The Bertz CT molecular complexity index is 949. The minimum atomic E-state index is -3.27. The van der Waals surface area contributed by atoms with Crippen molar-refractivity contribution in [2.75, 3.05) is 14.1 Å². The lowest BCUT2D eigenvalue weighted by Crippen LogP contribution is -2.36. The maximum Gasteiger partial charge on any atom is 0.215 e. The number of aliphatic imine (C=N–C) groups is 1. The predicted molar refractivity (Wildman–Crippen MR) is 122 cm³/mol. The molecule has 2 rings (SSSR count). The molecule has 164 valence electrons. The van der Waals surface area contributed by atoms with Crippen LogP contribution < -0.4 is 20.1 Å². The van der Waals surface area contributed by atoms with Crippen molar-refractivity contribution in [1.29, 1.82) is 0 Å². The Morgan fingerprint density at radius 3 is 2.17 bits per heavy atom. The van der Waals surface area contributed by atoms with Gasteiger partial charge in [0.2, 0.25) is 10.0 Å². The molecule has 3 N–H and O–H groups in total. The summed E-state index contributed by atoms with van der Waals surface area (Å²) in [4.78, 5) is 4.27. The van der Waals surface area contributed by atoms with Crippen LogP contribution in [0.4, 0.5) is 0 Å². The van der Waals surface area contributed by atoms with E-state index < -0.39 is 10.0 Å². The summed E-state index contributed by atoms with van der Waals surface area (Å²) in [5, 5.41) is 6.57. The highest BCUT2D eigenvalue weighted by atomic mass is 32.2. The van der Waals surface area contributed by atoms with Gasteiger partial charge in [-0.3, -0.25) is 4.99 Å². The van der Waals surface area contributed by atoms with E-state index in [4.69, 9.17) is 4.74 Å². The van der Waals surface area contributed by atoms with Gasteiger partial charge in [0, 0.05) is 25.7 Å². The summed E-state index contributed by atoms with van der Waals surface area (Å²) in [6.07, 6.45) is 0. The summed E-state index contributed by atoms with van der Waals surface area (Å²) in [5.74, 6) is 1.48. The van der Waals surface area contributed by atoms with E-state index in [1.807, 2.05) is 69.3 Å². The van der Waals surface area contributed by atoms with Gasteiger partial charge in [0.1, 0.15) is 11.4 Å². The molecule has 0 heterocycles. The molecule has 0 bridgehead atoms. The molecule has 0 saturated carbocycles. The Labute approximate surface area is 180 Å². The molecule has 8 heteroatoms. The average Bonchev–Trinajstić information content (AvgIpc) is 2.69. The van der Waals surface area contributed by atoms with Crippen LogP contribution in [-0.4, -0.2) is 34.1 Å². The smallest absolute Gasteiger partial charge is 0.215 e. The lowest BCUT2D eigenvalue weighted by atomic mass is 10.1. The zero-order valence-electron chi connectivity index (χ0n) is 18.3. The first-order valence-electron chi connectivity index (χ1n) is 9.82. The molecule has 2 aromatic rings. The lowest BCUT2D eigenvalue weighted by Gasteiger charge is -2.23. The number of rotatable bonds is 8. The van der Waals surface area contributed by atoms with Crippen molar-refractivity contribution in [3.8, 4) is 5.75 Å². The van der Waals surface area contributed by atoms with E-state index in [9.17, 15) is 8.42 Å². The van der Waals surface area contributed by atoms with Crippen molar-refractivity contribution >= 4 is 16.0 Å². The van der Waals surface area contributed by atoms with Crippen molar-refractivity contribution in [2.45, 2.75) is 45.2 Å². The minimum absolute atomic E-state index is 0.0313. The fourth-order valence-corrected chi connectivity index (χ4v) is 3.49. The Morgan fingerprint density at radius 1 is 0.967 bits per heavy atom. The first-order valence-corrected chi connectivity index (χ1v) is 11.5. The van der Waals surface area contributed by atoms with Crippen LogP contribution in [-0.2, 0) is 28.9 Å². The molecular formula is C22H32N4O3S. The first kappa shape index (κ1) is 23.7. The quantitative estimate of drug-likeness (QED) is 0.441. The molecule has 0 radical (unpaired) electrons. The molecule has 2 aromatic carbocycles. The number of hydrogen-bond acceptors (Lipinski definition) is 4. The highest BCUT2D eigenvalue weighted by Gasteiger charge is 2.14. The second kappa shape index (κ2) is 10.4. The van der Waals surface area contributed by atoms with Crippen molar-refractivity contribution in [3.63, 3.8) is 0 Å². The predicted octanol–water partition coefficient (Wildman–Crippen LogP) is 2.78. The number of ether oxygens (including phenoxy) is 1. The molecule has 0 aliphatic heterocycles. The highest BCUT2D eigenvalue weighted by Crippen LogP contribution is 2.22. The van der Waals surface area contributed by atoms with Crippen LogP contribution in [0.25, 0.3) is 0 Å². The van der Waals surface area contributed by atoms with Crippen LogP contribution in [0.2, 0.25) is 0 Å². The molecule has 0 unspecified atom stereocenters. The van der Waals surface area contributed by atoms with Gasteiger partial charge in [-0.1, -0.05) is 42.5 Å². The van der Waals surface area contributed by atoms with E-state index in [1.54, 1.807) is 7.05 Å². The van der Waals surface area contributed by atoms with Crippen LogP contribution in [0.1, 0.15) is 37.5 Å².